The van der Waals surface area contributed by atoms with E-state index in [1.807, 2.05) is 19.9 Å². The van der Waals surface area contributed by atoms with Crippen molar-refractivity contribution in [2.75, 3.05) is 11.4 Å². The van der Waals surface area contributed by atoms with Crippen molar-refractivity contribution in [2.24, 2.45) is 11.7 Å². The van der Waals surface area contributed by atoms with Crippen LogP contribution in [0.15, 0.2) is 24.3 Å². The first-order valence-electron chi connectivity index (χ1n) is 7.51. The Morgan fingerprint density at radius 3 is 2.86 bits per heavy atom. The van der Waals surface area contributed by atoms with E-state index in [0.717, 1.165) is 5.69 Å². The van der Waals surface area contributed by atoms with E-state index in [1.165, 1.54) is 0 Å². The molecule has 0 aliphatic carbocycles. The molecule has 0 saturated carbocycles. The van der Waals surface area contributed by atoms with Gasteiger partial charge in [0.05, 0.1) is 6.04 Å². The molecule has 5 nitrogen and oxygen atoms in total. The fraction of sp³-hybridized carbons (Fsp3) is 0.500. The highest BCUT2D eigenvalue weighted by molar-refractivity contribution is 6.31. The predicted molar refractivity (Wildman–Crippen MR) is 87.8 cm³/mol. The molecule has 0 spiro atoms. The van der Waals surface area contributed by atoms with E-state index in [9.17, 15) is 9.59 Å². The number of nitrogens with two attached hydrogens (primary N) is 1. The number of nitrogens with zero attached hydrogens (tertiary/aromatic N) is 1. The standard InChI is InChI=1S/C16H22ClN3O2/c1-10(2)8-13(18)15(21)19-14-6-7-20(16(14)22)12-5-3-4-11(17)9-12/h3-5,9-10,13-14H,6-8,18H2,1-2H3,(H,19,21)/t13-,14?/m0/s1. The van der Waals surface area contributed by atoms with Gasteiger partial charge in [0.1, 0.15) is 6.04 Å². The Hall–Kier alpha value is -1.59. The van der Waals surface area contributed by atoms with Gasteiger partial charge in [0.25, 0.3) is 0 Å². The van der Waals surface area contributed by atoms with Crippen LogP contribution in [0.2, 0.25) is 5.02 Å². The molecule has 2 rings (SSSR count). The van der Waals surface area contributed by atoms with Gasteiger partial charge >= 0.3 is 0 Å². The van der Waals surface area contributed by atoms with Crippen LogP contribution >= 0.6 is 11.6 Å². The van der Waals surface area contributed by atoms with Crippen molar-refractivity contribution in [1.82, 2.24) is 5.32 Å². The van der Waals surface area contributed by atoms with Crippen LogP contribution in [0.5, 0.6) is 0 Å². The minimum absolute atomic E-state index is 0.118. The van der Waals surface area contributed by atoms with Crippen molar-refractivity contribution in [1.29, 1.82) is 0 Å². The molecule has 3 N–H and O–H groups in total. The summed E-state index contributed by atoms with van der Waals surface area (Å²) in [6.45, 7) is 4.58. The molecule has 0 aromatic heterocycles. The van der Waals surface area contributed by atoms with Gasteiger partial charge in [0.15, 0.2) is 0 Å². The normalized spacial score (nSPS) is 19.6. The van der Waals surface area contributed by atoms with Crippen molar-refractivity contribution in [2.45, 2.75) is 38.8 Å². The van der Waals surface area contributed by atoms with Crippen LogP contribution in [-0.2, 0) is 9.59 Å². The molecule has 2 atom stereocenters. The maximum atomic E-state index is 12.4. The molecule has 6 heteroatoms. The maximum Gasteiger partial charge on any atom is 0.249 e. The molecule has 1 fully saturated rings. The fourth-order valence-corrected chi connectivity index (χ4v) is 2.79. The molecule has 2 amide bonds. The fourth-order valence-electron chi connectivity index (χ4n) is 2.61. The lowest BCUT2D eigenvalue weighted by atomic mass is 10.0. The lowest BCUT2D eigenvalue weighted by Crippen LogP contribution is -2.48. The second-order valence-electron chi connectivity index (χ2n) is 6.06. The number of hydrogen-bond donors (Lipinski definition) is 2. The molecule has 1 aliphatic heterocycles. The Kier molecular flexibility index (Phi) is 5.42. The van der Waals surface area contributed by atoms with Crippen LogP contribution < -0.4 is 16.0 Å². The number of carbonyl (C=O) groups is 2. The van der Waals surface area contributed by atoms with Crippen LogP contribution in [0.1, 0.15) is 26.7 Å². The first-order valence-corrected chi connectivity index (χ1v) is 7.89. The van der Waals surface area contributed by atoms with Crippen molar-refractivity contribution in [3.63, 3.8) is 0 Å². The average Bonchev–Trinajstić information content (AvgIpc) is 2.79. The largest absolute Gasteiger partial charge is 0.343 e. The molecule has 22 heavy (non-hydrogen) atoms. The Bertz CT molecular complexity index is 562. The summed E-state index contributed by atoms with van der Waals surface area (Å²) >= 11 is 5.96. The van der Waals surface area contributed by atoms with Crippen LogP contribution in [-0.4, -0.2) is 30.4 Å². The van der Waals surface area contributed by atoms with Gasteiger partial charge < -0.3 is 16.0 Å². The van der Waals surface area contributed by atoms with Crippen LogP contribution in [0, 0.1) is 5.92 Å². The number of carbonyl (C=O) groups excluding carboxylic acids is 2. The van der Waals surface area contributed by atoms with E-state index in [-0.39, 0.29) is 11.8 Å². The smallest absolute Gasteiger partial charge is 0.249 e. The van der Waals surface area contributed by atoms with Crippen molar-refractivity contribution in [3.8, 4) is 0 Å². The molecule has 1 aromatic rings. The Labute approximate surface area is 135 Å². The highest BCUT2D eigenvalue weighted by Crippen LogP contribution is 2.24. The lowest BCUT2D eigenvalue weighted by Gasteiger charge is -2.19. The van der Waals surface area contributed by atoms with Crippen molar-refractivity contribution >= 4 is 29.1 Å². The number of halogens is 1. The number of amides is 2. The third-order valence-corrected chi connectivity index (χ3v) is 3.94. The van der Waals surface area contributed by atoms with E-state index >= 15 is 0 Å². The third kappa shape index (κ3) is 3.99. The van der Waals surface area contributed by atoms with Gasteiger partial charge in [-0.25, -0.2) is 0 Å². The quantitative estimate of drug-likeness (QED) is 0.869. The number of hydrogen-bond acceptors (Lipinski definition) is 3. The summed E-state index contributed by atoms with van der Waals surface area (Å²) in [7, 11) is 0. The van der Waals surface area contributed by atoms with Crippen LogP contribution in [0.3, 0.4) is 0 Å². The molecule has 1 unspecified atom stereocenters. The van der Waals surface area contributed by atoms with Gasteiger partial charge in [-0.2, -0.15) is 0 Å². The number of nitrogens with one attached hydrogen (secondary N) is 1. The number of rotatable bonds is 5. The summed E-state index contributed by atoms with van der Waals surface area (Å²) in [4.78, 5) is 26.1. The van der Waals surface area contributed by atoms with Gasteiger partial charge in [0.2, 0.25) is 11.8 Å². The van der Waals surface area contributed by atoms with Gasteiger partial charge in [-0.1, -0.05) is 31.5 Å². The maximum absolute atomic E-state index is 12.4. The molecule has 0 radical (unpaired) electrons. The second-order valence-corrected chi connectivity index (χ2v) is 6.49. The van der Waals surface area contributed by atoms with Crippen molar-refractivity contribution < 1.29 is 9.59 Å². The van der Waals surface area contributed by atoms with Gasteiger partial charge in [0, 0.05) is 17.3 Å². The summed E-state index contributed by atoms with van der Waals surface area (Å²) in [6, 6.07) is 6.05. The Balaban J connectivity index is 1.98. The number of benzene rings is 1. The second kappa shape index (κ2) is 7.11. The topological polar surface area (TPSA) is 75.4 Å². The summed E-state index contributed by atoms with van der Waals surface area (Å²) in [5.74, 6) is -0.0460. The molecular weight excluding hydrogens is 302 g/mol. The number of anilines is 1. The van der Waals surface area contributed by atoms with E-state index in [1.54, 1.807) is 23.1 Å². The third-order valence-electron chi connectivity index (χ3n) is 3.70. The molecule has 120 valence electrons. The first kappa shape index (κ1) is 16.8. The highest BCUT2D eigenvalue weighted by atomic mass is 35.5. The predicted octanol–water partition coefficient (Wildman–Crippen LogP) is 1.93. The first-order chi connectivity index (χ1) is 10.4. The monoisotopic (exact) mass is 323 g/mol. The summed E-state index contributed by atoms with van der Waals surface area (Å²) in [5, 5.41) is 3.34. The van der Waals surface area contributed by atoms with Gasteiger partial charge in [-0.05, 0) is 37.0 Å². The molecule has 1 aliphatic rings. The molecule has 1 heterocycles. The van der Waals surface area contributed by atoms with Crippen LogP contribution in [0.4, 0.5) is 5.69 Å². The van der Waals surface area contributed by atoms with Crippen LogP contribution in [0.25, 0.3) is 0 Å². The Morgan fingerprint density at radius 1 is 1.50 bits per heavy atom. The molecule has 1 aromatic carbocycles. The van der Waals surface area contributed by atoms with Gasteiger partial charge in [-0.15, -0.1) is 0 Å². The minimum atomic E-state index is -0.576. The Morgan fingerprint density at radius 2 is 2.23 bits per heavy atom. The van der Waals surface area contributed by atoms with E-state index < -0.39 is 12.1 Å². The molecular formula is C16H22ClN3O2. The summed E-state index contributed by atoms with van der Waals surface area (Å²) < 4.78 is 0. The molecule has 0 bridgehead atoms. The zero-order chi connectivity index (χ0) is 16.3. The van der Waals surface area contributed by atoms with Crippen molar-refractivity contribution in [3.05, 3.63) is 29.3 Å². The summed E-state index contributed by atoms with van der Waals surface area (Å²) in [5.41, 5.74) is 6.60. The van der Waals surface area contributed by atoms with E-state index in [0.29, 0.717) is 30.3 Å². The molecule has 1 saturated heterocycles. The highest BCUT2D eigenvalue weighted by Gasteiger charge is 2.34. The minimum Gasteiger partial charge on any atom is -0.343 e. The van der Waals surface area contributed by atoms with Gasteiger partial charge in [-0.3, -0.25) is 9.59 Å². The SMILES string of the molecule is CC(C)C[C@H](N)C(=O)NC1CCN(c2cccc(Cl)c2)C1=O. The summed E-state index contributed by atoms with van der Waals surface area (Å²) in [6.07, 6.45) is 1.18. The van der Waals surface area contributed by atoms with E-state index in [2.05, 4.69) is 5.32 Å². The lowest BCUT2D eigenvalue weighted by molar-refractivity contribution is -0.127. The average molecular weight is 324 g/mol. The zero-order valence-corrected chi connectivity index (χ0v) is 13.6. The zero-order valence-electron chi connectivity index (χ0n) is 12.9. The van der Waals surface area contributed by atoms with E-state index in [4.69, 9.17) is 17.3 Å².